The number of alkyl carbamates (subject to hydrolysis) is 1. The zero-order valence-corrected chi connectivity index (χ0v) is 18.0. The molecular weight excluding hydrogens is 404 g/mol. The number of nitrogens with two attached hydrogens (primary N) is 1. The van der Waals surface area contributed by atoms with Gasteiger partial charge in [0.15, 0.2) is 9.84 Å². The molecule has 0 unspecified atom stereocenters. The Kier molecular flexibility index (Phi) is 7.32. The van der Waals surface area contributed by atoms with Gasteiger partial charge in [0.25, 0.3) is 0 Å². The number of ether oxygens (including phenoxy) is 1. The lowest BCUT2D eigenvalue weighted by atomic mass is 10.2. The van der Waals surface area contributed by atoms with Gasteiger partial charge >= 0.3 is 6.09 Å². The molecule has 0 saturated heterocycles. The predicted molar refractivity (Wildman–Crippen MR) is 109 cm³/mol. The number of hydrogen-bond donors (Lipinski definition) is 2. The summed E-state index contributed by atoms with van der Waals surface area (Å²) in [6.07, 6.45) is -0.445. The smallest absolute Gasteiger partial charge is 0.407 e. The summed E-state index contributed by atoms with van der Waals surface area (Å²) in [4.78, 5) is 13.9. The predicted octanol–water partition coefficient (Wildman–Crippen LogP) is 3.66. The topological polar surface area (TPSA) is 98.5 Å². The molecule has 148 valence electrons. The number of thiophene rings is 1. The number of sulfone groups is 1. The standard InChI is InChI=1S/C18H24N2O4S3/c1-18(2,3)24-17(21)20-12-14-6-9-16(26-14)25-13-4-7-15(8-5-13)27(22,23)11-10-19/h4-9H,10-12,19H2,1-3H3,(H,20,21). The number of carbonyl (C=O) groups excluding carboxylic acids is 1. The van der Waals surface area contributed by atoms with Crippen molar-refractivity contribution < 1.29 is 17.9 Å². The SMILES string of the molecule is CC(C)(C)OC(=O)NCc1ccc(Sc2ccc(S(=O)(=O)CCN)cc2)s1. The maximum absolute atomic E-state index is 12.0. The van der Waals surface area contributed by atoms with Crippen molar-refractivity contribution in [2.75, 3.05) is 12.3 Å². The molecule has 0 aliphatic rings. The summed E-state index contributed by atoms with van der Waals surface area (Å²) in [5.74, 6) is -0.0571. The number of carbonyl (C=O) groups is 1. The van der Waals surface area contributed by atoms with Gasteiger partial charge in [0, 0.05) is 16.3 Å². The van der Waals surface area contributed by atoms with E-state index in [0.29, 0.717) is 6.54 Å². The van der Waals surface area contributed by atoms with Gasteiger partial charge in [-0.3, -0.25) is 0 Å². The highest BCUT2D eigenvalue weighted by Crippen LogP contribution is 2.34. The molecule has 27 heavy (non-hydrogen) atoms. The van der Waals surface area contributed by atoms with Crippen LogP contribution in [0.3, 0.4) is 0 Å². The van der Waals surface area contributed by atoms with Gasteiger partial charge < -0.3 is 15.8 Å². The number of nitrogens with one attached hydrogen (secondary N) is 1. The highest BCUT2D eigenvalue weighted by atomic mass is 32.2. The van der Waals surface area contributed by atoms with Gasteiger partial charge in [-0.2, -0.15) is 0 Å². The van der Waals surface area contributed by atoms with E-state index in [9.17, 15) is 13.2 Å². The van der Waals surface area contributed by atoms with Gasteiger partial charge in [-0.05, 0) is 57.2 Å². The van der Waals surface area contributed by atoms with Gasteiger partial charge in [0.1, 0.15) is 5.60 Å². The molecule has 6 nitrogen and oxygen atoms in total. The summed E-state index contributed by atoms with van der Waals surface area (Å²) in [6, 6.07) is 10.7. The Morgan fingerprint density at radius 1 is 1.19 bits per heavy atom. The van der Waals surface area contributed by atoms with Crippen LogP contribution in [0, 0.1) is 0 Å². The van der Waals surface area contributed by atoms with Crippen molar-refractivity contribution >= 4 is 39.0 Å². The van der Waals surface area contributed by atoms with Crippen LogP contribution in [0.5, 0.6) is 0 Å². The molecule has 0 atom stereocenters. The molecule has 1 amide bonds. The molecule has 0 radical (unpaired) electrons. The Morgan fingerprint density at radius 3 is 2.44 bits per heavy atom. The molecule has 0 bridgehead atoms. The molecule has 3 N–H and O–H groups in total. The highest BCUT2D eigenvalue weighted by molar-refractivity contribution is 8.01. The number of hydrogen-bond acceptors (Lipinski definition) is 7. The molecule has 2 aromatic rings. The molecule has 1 heterocycles. The first-order valence-corrected chi connectivity index (χ1v) is 11.6. The third kappa shape index (κ3) is 7.17. The fourth-order valence-corrected chi connectivity index (χ4v) is 5.27. The van der Waals surface area contributed by atoms with E-state index in [2.05, 4.69) is 5.32 Å². The summed E-state index contributed by atoms with van der Waals surface area (Å²) in [5.41, 5.74) is 4.82. The van der Waals surface area contributed by atoms with E-state index in [0.717, 1.165) is 14.0 Å². The van der Waals surface area contributed by atoms with Crippen molar-refractivity contribution in [2.45, 2.75) is 46.9 Å². The van der Waals surface area contributed by atoms with Crippen LogP contribution in [0.1, 0.15) is 25.6 Å². The second kappa shape index (κ2) is 9.09. The van der Waals surface area contributed by atoms with Crippen LogP contribution < -0.4 is 11.1 Å². The zero-order valence-electron chi connectivity index (χ0n) is 15.5. The molecule has 0 spiro atoms. The quantitative estimate of drug-likeness (QED) is 0.698. The first-order chi connectivity index (χ1) is 12.6. The summed E-state index contributed by atoms with van der Waals surface area (Å²) in [7, 11) is -3.31. The summed E-state index contributed by atoms with van der Waals surface area (Å²) >= 11 is 3.10. The molecular formula is C18H24N2O4S3. The minimum atomic E-state index is -3.31. The van der Waals surface area contributed by atoms with Crippen LogP contribution >= 0.6 is 23.1 Å². The van der Waals surface area contributed by atoms with Gasteiger partial charge in [-0.15, -0.1) is 11.3 Å². The molecule has 2 rings (SSSR count). The van der Waals surface area contributed by atoms with Crippen LogP contribution in [-0.4, -0.2) is 32.4 Å². The first kappa shape index (κ1) is 21.7. The summed E-state index contributed by atoms with van der Waals surface area (Å²) < 4.78 is 30.2. The molecule has 0 saturated carbocycles. The van der Waals surface area contributed by atoms with Crippen LogP contribution in [0.15, 0.2) is 50.4 Å². The van der Waals surface area contributed by atoms with Gasteiger partial charge in [-0.1, -0.05) is 11.8 Å². The second-order valence-electron chi connectivity index (χ2n) is 6.76. The minimum absolute atomic E-state index is 0.0571. The highest BCUT2D eigenvalue weighted by Gasteiger charge is 2.16. The number of amides is 1. The lowest BCUT2D eigenvalue weighted by molar-refractivity contribution is 0.0524. The summed E-state index contributed by atoms with van der Waals surface area (Å²) in [5, 5.41) is 2.73. The molecule has 1 aromatic heterocycles. The van der Waals surface area contributed by atoms with E-state index in [1.165, 1.54) is 0 Å². The monoisotopic (exact) mass is 428 g/mol. The van der Waals surface area contributed by atoms with E-state index in [1.54, 1.807) is 47.4 Å². The molecule has 9 heteroatoms. The fourth-order valence-electron chi connectivity index (χ4n) is 2.09. The first-order valence-electron chi connectivity index (χ1n) is 8.35. The van der Waals surface area contributed by atoms with E-state index in [-0.39, 0.29) is 17.2 Å². The lowest BCUT2D eigenvalue weighted by Gasteiger charge is -2.19. The molecule has 0 fully saturated rings. The van der Waals surface area contributed by atoms with Crippen molar-refractivity contribution in [3.05, 3.63) is 41.3 Å². The molecule has 0 aliphatic carbocycles. The van der Waals surface area contributed by atoms with Crippen LogP contribution in [0.25, 0.3) is 0 Å². The average molecular weight is 429 g/mol. The maximum Gasteiger partial charge on any atom is 0.407 e. The Hall–Kier alpha value is -1.55. The lowest BCUT2D eigenvalue weighted by Crippen LogP contribution is -2.31. The Balaban J connectivity index is 1.93. The average Bonchev–Trinajstić information content (AvgIpc) is 2.99. The van der Waals surface area contributed by atoms with Crippen molar-refractivity contribution in [1.82, 2.24) is 5.32 Å². The Morgan fingerprint density at radius 2 is 1.85 bits per heavy atom. The van der Waals surface area contributed by atoms with Crippen molar-refractivity contribution in [3.8, 4) is 0 Å². The van der Waals surface area contributed by atoms with E-state index >= 15 is 0 Å². The zero-order chi connectivity index (χ0) is 20.1. The third-order valence-electron chi connectivity index (χ3n) is 3.23. The maximum atomic E-state index is 12.0. The van der Waals surface area contributed by atoms with Crippen LogP contribution in [-0.2, 0) is 21.1 Å². The van der Waals surface area contributed by atoms with E-state index in [4.69, 9.17) is 10.5 Å². The van der Waals surface area contributed by atoms with Gasteiger partial charge in [0.2, 0.25) is 0 Å². The fraction of sp³-hybridized carbons (Fsp3) is 0.389. The van der Waals surface area contributed by atoms with E-state index < -0.39 is 21.5 Å². The number of rotatable bonds is 7. The van der Waals surface area contributed by atoms with Crippen molar-refractivity contribution in [2.24, 2.45) is 5.73 Å². The molecule has 0 aliphatic heterocycles. The van der Waals surface area contributed by atoms with Crippen molar-refractivity contribution in [3.63, 3.8) is 0 Å². The van der Waals surface area contributed by atoms with Crippen LogP contribution in [0.2, 0.25) is 0 Å². The molecule has 1 aromatic carbocycles. The Bertz CT molecular complexity index is 869. The summed E-state index contributed by atoms with van der Waals surface area (Å²) in [6.45, 7) is 5.96. The Labute approximate surface area is 168 Å². The van der Waals surface area contributed by atoms with E-state index in [1.807, 2.05) is 32.9 Å². The second-order valence-corrected chi connectivity index (χ2v) is 11.4. The minimum Gasteiger partial charge on any atom is -0.444 e. The normalized spacial score (nSPS) is 12.0. The number of benzene rings is 1. The largest absolute Gasteiger partial charge is 0.444 e. The third-order valence-corrected chi connectivity index (χ3v) is 7.22. The van der Waals surface area contributed by atoms with Gasteiger partial charge in [-0.25, -0.2) is 13.2 Å². The van der Waals surface area contributed by atoms with Gasteiger partial charge in [0.05, 0.1) is 21.4 Å². The van der Waals surface area contributed by atoms with Crippen molar-refractivity contribution in [1.29, 1.82) is 0 Å². The van der Waals surface area contributed by atoms with Crippen LogP contribution in [0.4, 0.5) is 4.79 Å².